The highest BCUT2D eigenvalue weighted by molar-refractivity contribution is 7.15. The Morgan fingerprint density at radius 3 is 2.19 bits per heavy atom. The maximum atomic E-state index is 14.2. The lowest BCUT2D eigenvalue weighted by atomic mass is 9.81. The minimum Gasteiger partial charge on any atom is -0.477 e. The van der Waals surface area contributed by atoms with Gasteiger partial charge in [-0.1, -0.05) is 18.8 Å². The summed E-state index contributed by atoms with van der Waals surface area (Å²) in [4.78, 5) is 43.5. The van der Waals surface area contributed by atoms with Gasteiger partial charge >= 0.3 is 12.1 Å². The van der Waals surface area contributed by atoms with Crippen molar-refractivity contribution in [3.8, 4) is 11.8 Å². The van der Waals surface area contributed by atoms with Gasteiger partial charge in [-0.25, -0.2) is 9.59 Å². The number of hydrogen-bond donors (Lipinski definition) is 1. The Bertz CT molecular complexity index is 1220. The Labute approximate surface area is 261 Å². The number of ether oxygens (including phenoxy) is 2. The molecule has 1 saturated heterocycles. The predicted octanol–water partition coefficient (Wildman–Crippen LogP) is 7.34. The van der Waals surface area contributed by atoms with Crippen molar-refractivity contribution in [1.29, 1.82) is 0 Å². The molecule has 2 aliphatic carbocycles. The van der Waals surface area contributed by atoms with E-state index in [-0.39, 0.29) is 46.5 Å². The lowest BCUT2D eigenvalue weighted by molar-refractivity contribution is -0.124. The molecule has 1 aromatic rings. The fourth-order valence-corrected chi connectivity index (χ4v) is 7.11. The molecule has 0 aromatic carbocycles. The summed E-state index contributed by atoms with van der Waals surface area (Å²) in [5.74, 6) is 5.93. The second-order valence-electron chi connectivity index (χ2n) is 14.7. The van der Waals surface area contributed by atoms with Crippen molar-refractivity contribution in [3.63, 3.8) is 0 Å². The molecule has 8 nitrogen and oxygen atoms in total. The summed E-state index contributed by atoms with van der Waals surface area (Å²) >= 11 is 1.16. The number of carbonyl (C=O) groups is 3. The van der Waals surface area contributed by atoms with Crippen LogP contribution < -0.4 is 4.90 Å². The van der Waals surface area contributed by atoms with Gasteiger partial charge < -0.3 is 24.4 Å². The summed E-state index contributed by atoms with van der Waals surface area (Å²) < 4.78 is 12.0. The van der Waals surface area contributed by atoms with Crippen LogP contribution in [0.5, 0.6) is 0 Å². The van der Waals surface area contributed by atoms with E-state index in [0.29, 0.717) is 29.6 Å². The molecular formula is C34H50N2O6S. The van der Waals surface area contributed by atoms with Gasteiger partial charge in [0.05, 0.1) is 29.3 Å². The molecular weight excluding hydrogens is 564 g/mol. The number of aromatic carboxylic acids is 1. The van der Waals surface area contributed by atoms with Crippen molar-refractivity contribution in [2.45, 2.75) is 130 Å². The van der Waals surface area contributed by atoms with Gasteiger partial charge in [0.25, 0.3) is 0 Å². The largest absolute Gasteiger partial charge is 0.477 e. The van der Waals surface area contributed by atoms with E-state index in [1.54, 1.807) is 4.90 Å². The fraction of sp³-hybridized carbons (Fsp3) is 0.735. The summed E-state index contributed by atoms with van der Waals surface area (Å²) in [6.07, 6.45) is 7.24. The Hall–Kier alpha value is -2.57. The van der Waals surface area contributed by atoms with E-state index in [9.17, 15) is 19.5 Å². The monoisotopic (exact) mass is 614 g/mol. The number of carboxylic acids is 1. The number of rotatable bonds is 6. The summed E-state index contributed by atoms with van der Waals surface area (Å²) in [6, 6.07) is 1.73. The van der Waals surface area contributed by atoms with Gasteiger partial charge in [-0.05, 0) is 111 Å². The highest BCUT2D eigenvalue weighted by Crippen LogP contribution is 2.39. The quantitative estimate of drug-likeness (QED) is 0.337. The maximum absolute atomic E-state index is 14.2. The van der Waals surface area contributed by atoms with Crippen molar-refractivity contribution in [3.05, 3.63) is 15.8 Å². The van der Waals surface area contributed by atoms with E-state index >= 15 is 0 Å². The Morgan fingerprint density at radius 1 is 0.953 bits per heavy atom. The number of anilines is 1. The topological polar surface area (TPSA) is 96.4 Å². The third-order valence-electron chi connectivity index (χ3n) is 8.52. The summed E-state index contributed by atoms with van der Waals surface area (Å²) in [7, 11) is 0. The van der Waals surface area contributed by atoms with Crippen LogP contribution in [0.2, 0.25) is 0 Å². The van der Waals surface area contributed by atoms with Crippen molar-refractivity contribution < 1.29 is 29.0 Å². The van der Waals surface area contributed by atoms with E-state index in [2.05, 4.69) is 18.8 Å². The number of carbonyl (C=O) groups excluding carboxylic acids is 2. The predicted molar refractivity (Wildman–Crippen MR) is 170 cm³/mol. The maximum Gasteiger partial charge on any atom is 0.410 e. The van der Waals surface area contributed by atoms with Gasteiger partial charge in [0, 0.05) is 23.9 Å². The van der Waals surface area contributed by atoms with Crippen molar-refractivity contribution in [2.24, 2.45) is 17.3 Å². The number of nitrogens with zero attached hydrogens (tertiary/aromatic N) is 2. The van der Waals surface area contributed by atoms with E-state index < -0.39 is 11.6 Å². The zero-order valence-corrected chi connectivity index (χ0v) is 27.8. The summed E-state index contributed by atoms with van der Waals surface area (Å²) in [6.45, 7) is 15.0. The molecule has 3 fully saturated rings. The van der Waals surface area contributed by atoms with Crippen LogP contribution in [0.4, 0.5) is 10.5 Å². The number of hydrogen-bond acceptors (Lipinski definition) is 6. The van der Waals surface area contributed by atoms with Gasteiger partial charge in [0.15, 0.2) is 0 Å². The minimum atomic E-state index is -1.02. The van der Waals surface area contributed by atoms with Crippen LogP contribution in [0.3, 0.4) is 0 Å². The summed E-state index contributed by atoms with van der Waals surface area (Å²) in [5, 5.41) is 10.2. The molecule has 1 aliphatic heterocycles. The molecule has 1 atom stereocenters. The first-order valence-corrected chi connectivity index (χ1v) is 16.8. The molecule has 1 N–H and O–H groups in total. The minimum absolute atomic E-state index is 0.0320. The van der Waals surface area contributed by atoms with Gasteiger partial charge in [-0.3, -0.25) is 4.79 Å². The second kappa shape index (κ2) is 13.6. The Morgan fingerprint density at radius 2 is 1.60 bits per heavy atom. The van der Waals surface area contributed by atoms with E-state index in [1.165, 1.54) is 0 Å². The van der Waals surface area contributed by atoms with Crippen molar-refractivity contribution >= 4 is 35.0 Å². The van der Waals surface area contributed by atoms with Crippen LogP contribution in [0.1, 0.15) is 121 Å². The average Bonchev–Trinajstić information content (AvgIpc) is 3.55. The lowest BCUT2D eigenvalue weighted by Gasteiger charge is -2.40. The highest BCUT2D eigenvalue weighted by Gasteiger charge is 2.39. The van der Waals surface area contributed by atoms with Gasteiger partial charge in [-0.15, -0.1) is 11.3 Å². The van der Waals surface area contributed by atoms with Gasteiger partial charge in [0.1, 0.15) is 10.5 Å². The smallest absolute Gasteiger partial charge is 0.410 e. The van der Waals surface area contributed by atoms with Gasteiger partial charge in [0.2, 0.25) is 5.91 Å². The molecule has 4 rings (SSSR count). The molecule has 9 heteroatoms. The zero-order chi connectivity index (χ0) is 31.5. The van der Waals surface area contributed by atoms with E-state index in [0.717, 1.165) is 69.1 Å². The van der Waals surface area contributed by atoms with Crippen LogP contribution in [0.15, 0.2) is 6.07 Å². The second-order valence-corrected chi connectivity index (χ2v) is 15.8. The SMILES string of the molecule is CC1CCC(C(=O)N(c2cc(C#CC(C)(C)C)sc2C(=O)O)C2CCC(OC3CCN(C(=O)OC(C)(C)C)C3)CC2)CC1. The zero-order valence-electron chi connectivity index (χ0n) is 27.0. The molecule has 0 spiro atoms. The van der Waals surface area contributed by atoms with E-state index in [4.69, 9.17) is 9.47 Å². The first-order valence-electron chi connectivity index (χ1n) is 16.0. The third-order valence-corrected chi connectivity index (χ3v) is 9.55. The summed E-state index contributed by atoms with van der Waals surface area (Å²) in [5.41, 5.74) is -0.257. The molecule has 43 heavy (non-hydrogen) atoms. The molecule has 2 amide bonds. The van der Waals surface area contributed by atoms with Crippen LogP contribution >= 0.6 is 11.3 Å². The Balaban J connectivity index is 1.48. The highest BCUT2D eigenvalue weighted by atomic mass is 32.1. The van der Waals surface area contributed by atoms with Crippen LogP contribution in [-0.4, -0.2) is 64.9 Å². The normalized spacial score (nSPS) is 26.4. The number of likely N-dealkylation sites (tertiary alicyclic amines) is 1. The van der Waals surface area contributed by atoms with Gasteiger partial charge in [-0.2, -0.15) is 0 Å². The Kier molecular flexibility index (Phi) is 10.5. The molecule has 1 aromatic heterocycles. The molecule has 1 unspecified atom stereocenters. The molecule has 0 bridgehead atoms. The first kappa shape index (κ1) is 33.3. The van der Waals surface area contributed by atoms with Crippen molar-refractivity contribution in [2.75, 3.05) is 18.0 Å². The standard InChI is InChI=1S/C34H50N2O6S/c1-22-8-10-23(11-9-22)30(37)36(28-20-27(16-18-33(2,3)4)43-29(28)31(38)39)24-12-14-25(15-13-24)41-26-17-19-35(21-26)32(40)42-34(5,6)7/h20,22-26H,8-15,17,19,21H2,1-7H3,(H,38,39). The third kappa shape index (κ3) is 9.21. The first-order chi connectivity index (χ1) is 20.1. The molecule has 3 aliphatic rings. The van der Waals surface area contributed by atoms with Crippen LogP contribution in [-0.2, 0) is 14.3 Å². The fourth-order valence-electron chi connectivity index (χ4n) is 6.27. The number of amides is 2. The van der Waals surface area contributed by atoms with Crippen LogP contribution in [0, 0.1) is 29.1 Å². The van der Waals surface area contributed by atoms with Crippen molar-refractivity contribution in [1.82, 2.24) is 4.90 Å². The average molecular weight is 615 g/mol. The lowest BCUT2D eigenvalue weighted by Crippen LogP contribution is -2.47. The number of carboxylic acid groups (broad SMARTS) is 1. The van der Waals surface area contributed by atoms with Crippen LogP contribution in [0.25, 0.3) is 0 Å². The number of thiophene rings is 1. The molecule has 238 valence electrons. The molecule has 0 radical (unpaired) electrons. The molecule has 2 saturated carbocycles. The molecule has 2 heterocycles. The van der Waals surface area contributed by atoms with E-state index in [1.807, 2.05) is 52.5 Å².